The molecule has 0 rings (SSSR count). The Balaban J connectivity index is 3.17. The van der Waals surface area contributed by atoms with Crippen LogP contribution in [-0.4, -0.2) is 5.97 Å². The Morgan fingerprint density at radius 3 is 2.57 bits per heavy atom. The maximum absolute atomic E-state index is 10.0. The minimum absolute atomic E-state index is 0.414. The van der Waals surface area contributed by atoms with Gasteiger partial charge >= 0.3 is 5.97 Å². The van der Waals surface area contributed by atoms with E-state index >= 15 is 0 Å². The van der Waals surface area contributed by atoms with Crippen molar-refractivity contribution in [2.75, 3.05) is 0 Å². The van der Waals surface area contributed by atoms with Crippen LogP contribution in [0.1, 0.15) is 6.92 Å². The Kier molecular flexibility index (Phi) is 3.02. The van der Waals surface area contributed by atoms with Crippen molar-refractivity contribution in [2.45, 2.75) is 6.92 Å². The zero-order chi connectivity index (χ0) is 5.70. The first kappa shape index (κ1) is 6.21. The lowest BCUT2D eigenvalue weighted by molar-refractivity contribution is -0.134. The molecule has 0 aliphatic carbocycles. The molecule has 0 saturated heterocycles. The van der Waals surface area contributed by atoms with Crippen molar-refractivity contribution in [1.82, 2.24) is 0 Å². The van der Waals surface area contributed by atoms with Gasteiger partial charge in [0.25, 0.3) is 0 Å². The smallest absolute Gasteiger partial charge is 0.330 e. The molecule has 0 aromatic heterocycles. The summed E-state index contributed by atoms with van der Waals surface area (Å²) in [4.78, 5) is 10.0. The van der Waals surface area contributed by atoms with E-state index in [4.69, 9.17) is 0 Å². The summed E-state index contributed by atoms with van der Waals surface area (Å²) < 4.78 is 4.31. The van der Waals surface area contributed by atoms with Gasteiger partial charge < -0.3 is 4.74 Å². The van der Waals surface area contributed by atoms with Gasteiger partial charge in [-0.05, 0) is 6.92 Å². The highest BCUT2D eigenvalue weighted by molar-refractivity contribution is 5.81. The molecule has 0 unspecified atom stereocenters. The Morgan fingerprint density at radius 1 is 1.86 bits per heavy atom. The average Bonchev–Trinajstić information content (AvgIpc) is 1.68. The van der Waals surface area contributed by atoms with Crippen molar-refractivity contribution in [1.29, 1.82) is 0 Å². The number of ether oxygens (including phenoxy) is 1. The van der Waals surface area contributed by atoms with Crippen LogP contribution in [0.2, 0.25) is 0 Å². The van der Waals surface area contributed by atoms with Crippen LogP contribution in [0.5, 0.6) is 0 Å². The molecule has 0 aliphatic rings. The molecule has 0 N–H and O–H groups in total. The highest BCUT2D eigenvalue weighted by atomic mass is 16.5. The van der Waals surface area contributed by atoms with Gasteiger partial charge in [-0.25, -0.2) is 4.79 Å². The quantitative estimate of drug-likeness (QED) is 0.379. The first-order valence-corrected chi connectivity index (χ1v) is 1.92. The predicted octanol–water partition coefficient (Wildman–Crippen LogP) is 0.897. The molecule has 0 bridgehead atoms. The minimum atomic E-state index is -0.414. The normalized spacial score (nSPS) is 7.57. The van der Waals surface area contributed by atoms with Crippen LogP contribution in [-0.2, 0) is 9.53 Å². The van der Waals surface area contributed by atoms with E-state index in [1.54, 1.807) is 6.92 Å². The molecule has 0 amide bonds. The molecule has 1 radical (unpaired) electrons. The molecule has 0 aromatic rings. The number of hydrogen-bond acceptors (Lipinski definition) is 2. The Bertz CT molecular complexity index is 76.1. The van der Waals surface area contributed by atoms with Crippen LogP contribution in [0.15, 0.2) is 12.7 Å². The predicted molar refractivity (Wildman–Crippen MR) is 26.3 cm³/mol. The fourth-order valence-electron chi connectivity index (χ4n) is 0.164. The van der Waals surface area contributed by atoms with Crippen LogP contribution in [0, 0.1) is 6.61 Å². The highest BCUT2D eigenvalue weighted by Gasteiger charge is 1.87. The second kappa shape index (κ2) is 3.40. The summed E-state index contributed by atoms with van der Waals surface area (Å²) in [6.07, 6.45) is 1.11. The molecule has 0 atom stereocenters. The van der Waals surface area contributed by atoms with Gasteiger partial charge in [0.15, 0.2) is 0 Å². The van der Waals surface area contributed by atoms with Gasteiger partial charge in [-0.3, -0.25) is 0 Å². The van der Waals surface area contributed by atoms with Crippen molar-refractivity contribution in [2.24, 2.45) is 0 Å². The fraction of sp³-hybridized carbons (Fsp3) is 0.200. The molecular weight excluding hydrogens is 92.1 g/mol. The number of esters is 1. The van der Waals surface area contributed by atoms with Crippen molar-refractivity contribution < 1.29 is 9.53 Å². The first-order chi connectivity index (χ1) is 3.31. The zero-order valence-electron chi connectivity index (χ0n) is 4.18. The van der Waals surface area contributed by atoms with Crippen LogP contribution in [0.25, 0.3) is 0 Å². The van der Waals surface area contributed by atoms with E-state index in [0.29, 0.717) is 0 Å². The summed E-state index contributed by atoms with van der Waals surface area (Å²) in [7, 11) is 0. The van der Waals surface area contributed by atoms with E-state index in [2.05, 4.69) is 11.3 Å². The topological polar surface area (TPSA) is 26.3 Å². The third-order valence-electron chi connectivity index (χ3n) is 0.401. The molecule has 0 fully saturated rings. The van der Waals surface area contributed by atoms with E-state index in [1.807, 2.05) is 0 Å². The first-order valence-electron chi connectivity index (χ1n) is 1.92. The van der Waals surface area contributed by atoms with Crippen molar-refractivity contribution >= 4 is 5.97 Å². The molecule has 0 saturated carbocycles. The summed E-state index contributed by atoms with van der Waals surface area (Å²) in [5.74, 6) is -0.414. The molecule has 2 heteroatoms. The van der Waals surface area contributed by atoms with E-state index in [1.165, 1.54) is 6.61 Å². The largest absolute Gasteiger partial charge is 0.456 e. The van der Waals surface area contributed by atoms with Gasteiger partial charge in [0, 0.05) is 6.08 Å². The third kappa shape index (κ3) is 3.03. The molecule has 0 aromatic carbocycles. The van der Waals surface area contributed by atoms with Crippen LogP contribution in [0.3, 0.4) is 0 Å². The SMILES string of the molecule is C=CC(=O)O[CH]C. The lowest BCUT2D eigenvalue weighted by Gasteiger charge is -1.89. The fourth-order valence-corrected chi connectivity index (χ4v) is 0.164. The maximum Gasteiger partial charge on any atom is 0.330 e. The summed E-state index contributed by atoms with van der Waals surface area (Å²) in [6, 6.07) is 0. The second-order valence-corrected chi connectivity index (χ2v) is 0.877. The zero-order valence-corrected chi connectivity index (χ0v) is 4.18. The highest BCUT2D eigenvalue weighted by Crippen LogP contribution is 1.79. The Hall–Kier alpha value is -0.790. The number of carbonyl (C=O) groups excluding carboxylic acids is 1. The van der Waals surface area contributed by atoms with E-state index < -0.39 is 5.97 Å². The standard InChI is InChI=1S/C5H7O2/c1-3-5(6)7-4-2/h3-4H,1H2,2H3. The van der Waals surface area contributed by atoms with Gasteiger partial charge in [-0.2, -0.15) is 0 Å². The van der Waals surface area contributed by atoms with E-state index in [-0.39, 0.29) is 0 Å². The van der Waals surface area contributed by atoms with E-state index in [9.17, 15) is 4.79 Å². The Labute approximate surface area is 42.8 Å². The lowest BCUT2D eigenvalue weighted by atomic mass is 10.6. The van der Waals surface area contributed by atoms with Gasteiger partial charge in [0.1, 0.15) is 6.61 Å². The third-order valence-corrected chi connectivity index (χ3v) is 0.401. The molecule has 0 heterocycles. The van der Waals surface area contributed by atoms with Crippen LogP contribution in [0.4, 0.5) is 0 Å². The van der Waals surface area contributed by atoms with Gasteiger partial charge in [-0.15, -0.1) is 0 Å². The maximum atomic E-state index is 10.0. The molecule has 7 heavy (non-hydrogen) atoms. The van der Waals surface area contributed by atoms with Crippen molar-refractivity contribution in [3.05, 3.63) is 19.3 Å². The molecule has 0 aliphatic heterocycles. The van der Waals surface area contributed by atoms with Crippen molar-refractivity contribution in [3.8, 4) is 0 Å². The molecule has 39 valence electrons. The van der Waals surface area contributed by atoms with Gasteiger partial charge in [-0.1, -0.05) is 6.58 Å². The number of hydrogen-bond donors (Lipinski definition) is 0. The molecule has 0 spiro atoms. The summed E-state index contributed by atoms with van der Waals surface area (Å²) in [5.41, 5.74) is 0. The number of carbonyl (C=O) groups is 1. The number of rotatable bonds is 2. The Morgan fingerprint density at radius 2 is 2.43 bits per heavy atom. The summed E-state index contributed by atoms with van der Waals surface area (Å²) >= 11 is 0. The van der Waals surface area contributed by atoms with Gasteiger partial charge in [0.2, 0.25) is 0 Å². The van der Waals surface area contributed by atoms with E-state index in [0.717, 1.165) is 6.08 Å². The van der Waals surface area contributed by atoms with Crippen LogP contribution >= 0.6 is 0 Å². The second-order valence-electron chi connectivity index (χ2n) is 0.877. The summed E-state index contributed by atoms with van der Waals surface area (Å²) in [5, 5.41) is 0. The minimum Gasteiger partial charge on any atom is -0.456 e. The monoisotopic (exact) mass is 99.0 g/mol. The van der Waals surface area contributed by atoms with Gasteiger partial charge in [0.05, 0.1) is 0 Å². The molecular formula is C5H7O2. The van der Waals surface area contributed by atoms with Crippen molar-refractivity contribution in [3.63, 3.8) is 0 Å². The average molecular weight is 99.1 g/mol. The lowest BCUT2D eigenvalue weighted by Crippen LogP contribution is -1.93. The summed E-state index contributed by atoms with van der Waals surface area (Å²) in [6.45, 7) is 6.12. The van der Waals surface area contributed by atoms with Crippen LogP contribution < -0.4 is 0 Å². The molecule has 2 nitrogen and oxygen atoms in total.